The van der Waals surface area contributed by atoms with E-state index in [1.54, 1.807) is 22.3 Å². The Bertz CT molecular complexity index is 1250. The van der Waals surface area contributed by atoms with Crippen molar-refractivity contribution in [2.75, 3.05) is 0 Å². The molecule has 0 aromatic heterocycles. The molecule has 2 aliphatic rings. The zero-order chi connectivity index (χ0) is 19.5. The van der Waals surface area contributed by atoms with E-state index in [0.717, 1.165) is 0 Å². The molecule has 2 atom stereocenters. The molecule has 0 radical (unpaired) electrons. The van der Waals surface area contributed by atoms with Crippen LogP contribution in [0.25, 0.3) is 33.7 Å². The number of hydrogen-bond donors (Lipinski definition) is 0. The maximum atomic E-state index is 2.45. The van der Waals surface area contributed by atoms with E-state index in [1.807, 2.05) is 0 Å². The fraction of sp³-hybridized carbons (Fsp3) is 0.143. The average Bonchev–Trinajstić information content (AvgIpc) is 3.25. The molecule has 0 fully saturated rings. The van der Waals surface area contributed by atoms with E-state index in [1.165, 1.54) is 32.7 Å². The molecule has 6 rings (SSSR count). The van der Waals surface area contributed by atoms with Crippen LogP contribution in [0.3, 0.4) is 0 Å². The molecule has 138 valence electrons. The number of rotatable bonds is 2. The summed E-state index contributed by atoms with van der Waals surface area (Å²) in [5, 5.41) is 5.68. The summed E-state index contributed by atoms with van der Waals surface area (Å²) in [7, 11) is 0. The van der Waals surface area contributed by atoms with Crippen molar-refractivity contribution >= 4 is 33.7 Å². The van der Waals surface area contributed by atoms with E-state index in [4.69, 9.17) is 0 Å². The summed E-state index contributed by atoms with van der Waals surface area (Å²) >= 11 is -0.821. The third kappa shape index (κ3) is 2.67. The third-order valence-electron chi connectivity index (χ3n) is 6.60. The van der Waals surface area contributed by atoms with Crippen LogP contribution in [0, 0.1) is 0 Å². The summed E-state index contributed by atoms with van der Waals surface area (Å²) in [6.45, 7) is 4.72. The molecule has 0 saturated carbocycles. The first-order valence-corrected chi connectivity index (χ1v) is 13.2. The van der Waals surface area contributed by atoms with Gasteiger partial charge in [0, 0.05) is 0 Å². The van der Waals surface area contributed by atoms with Gasteiger partial charge in [-0.3, -0.25) is 0 Å². The van der Waals surface area contributed by atoms with Crippen molar-refractivity contribution in [3.63, 3.8) is 0 Å². The van der Waals surface area contributed by atoms with Crippen LogP contribution in [0.15, 0.2) is 83.9 Å². The minimum atomic E-state index is -0.821. The van der Waals surface area contributed by atoms with Gasteiger partial charge in [0.05, 0.1) is 0 Å². The van der Waals surface area contributed by atoms with Crippen molar-refractivity contribution in [3.05, 3.63) is 106 Å². The molecule has 0 bridgehead atoms. The van der Waals surface area contributed by atoms with Gasteiger partial charge in [-0.2, -0.15) is 0 Å². The van der Waals surface area contributed by atoms with Crippen molar-refractivity contribution in [2.45, 2.75) is 21.1 Å². The molecule has 2 unspecified atom stereocenters. The van der Waals surface area contributed by atoms with Gasteiger partial charge in [0.2, 0.25) is 0 Å². The second-order valence-corrected chi connectivity index (χ2v) is 12.0. The van der Waals surface area contributed by atoms with Crippen LogP contribution >= 0.6 is 0 Å². The molecule has 4 aromatic carbocycles. The predicted molar refractivity (Wildman–Crippen MR) is 121 cm³/mol. The van der Waals surface area contributed by atoms with Crippen molar-refractivity contribution in [3.8, 4) is 0 Å². The standard InChI is InChI=1S/2C14H11.Zr/c2*1-10-8-12-7-6-11-4-2-3-5-13(11)14(12)9-10;/h2*2-9H,1H3;. The molecule has 1 heteroatoms. The first-order chi connectivity index (χ1) is 14.2. The predicted octanol–water partition coefficient (Wildman–Crippen LogP) is 7.69. The van der Waals surface area contributed by atoms with Gasteiger partial charge in [-0.15, -0.1) is 0 Å². The Morgan fingerprint density at radius 2 is 1.00 bits per heavy atom. The first-order valence-electron chi connectivity index (χ1n) is 10.4. The molecule has 0 spiro atoms. The van der Waals surface area contributed by atoms with Gasteiger partial charge >= 0.3 is 184 Å². The fourth-order valence-corrected chi connectivity index (χ4v) is 10.2. The molecule has 4 aromatic rings. The normalized spacial score (nSPS) is 19.8. The van der Waals surface area contributed by atoms with Gasteiger partial charge in [0.25, 0.3) is 0 Å². The summed E-state index contributed by atoms with van der Waals surface area (Å²) < 4.78 is 1.30. The summed E-state index contributed by atoms with van der Waals surface area (Å²) in [5.74, 6) is 0. The summed E-state index contributed by atoms with van der Waals surface area (Å²) in [5.41, 5.74) is 9.26. The van der Waals surface area contributed by atoms with Crippen LogP contribution in [0.4, 0.5) is 0 Å². The molecule has 0 saturated heterocycles. The Labute approximate surface area is 183 Å². The molecule has 0 heterocycles. The third-order valence-corrected chi connectivity index (χ3v) is 11.9. The van der Waals surface area contributed by atoms with E-state index in [0.29, 0.717) is 7.25 Å². The van der Waals surface area contributed by atoms with E-state index in [9.17, 15) is 0 Å². The fourth-order valence-electron chi connectivity index (χ4n) is 5.23. The Morgan fingerprint density at radius 3 is 1.48 bits per heavy atom. The van der Waals surface area contributed by atoms with Gasteiger partial charge in [0.1, 0.15) is 0 Å². The maximum absolute atomic E-state index is 2.45. The van der Waals surface area contributed by atoms with Crippen molar-refractivity contribution in [1.29, 1.82) is 0 Å². The van der Waals surface area contributed by atoms with Crippen molar-refractivity contribution in [2.24, 2.45) is 0 Å². The molecule has 0 nitrogen and oxygen atoms in total. The molecular formula is C28H22Zr. The number of allylic oxidation sites excluding steroid dienone is 2. The van der Waals surface area contributed by atoms with E-state index in [-0.39, 0.29) is 0 Å². The van der Waals surface area contributed by atoms with E-state index < -0.39 is 23.2 Å². The number of fused-ring (bicyclic) bond motifs is 6. The van der Waals surface area contributed by atoms with Crippen LogP contribution in [-0.2, 0) is 23.2 Å². The second-order valence-electron chi connectivity index (χ2n) is 8.39. The monoisotopic (exact) mass is 448 g/mol. The number of hydrogen-bond acceptors (Lipinski definition) is 0. The van der Waals surface area contributed by atoms with Crippen LogP contribution in [0.5, 0.6) is 0 Å². The summed E-state index contributed by atoms with van der Waals surface area (Å²) in [4.78, 5) is 0. The SMILES string of the molecule is CC1=Cc2ccc3ccccc3c2[CH]1[Zr][CH]1C(C)=Cc2ccc3ccccc3c21. The van der Waals surface area contributed by atoms with E-state index >= 15 is 0 Å². The molecule has 29 heavy (non-hydrogen) atoms. The quantitative estimate of drug-likeness (QED) is 0.294. The van der Waals surface area contributed by atoms with Gasteiger partial charge in [-0.25, -0.2) is 0 Å². The zero-order valence-corrected chi connectivity index (χ0v) is 19.2. The van der Waals surface area contributed by atoms with Crippen molar-refractivity contribution in [1.82, 2.24) is 0 Å². The summed E-state index contributed by atoms with van der Waals surface area (Å²) in [6, 6.07) is 27.1. The Morgan fingerprint density at radius 1 is 0.552 bits per heavy atom. The van der Waals surface area contributed by atoms with Gasteiger partial charge in [-0.05, 0) is 0 Å². The van der Waals surface area contributed by atoms with Gasteiger partial charge in [0.15, 0.2) is 0 Å². The summed E-state index contributed by atoms with van der Waals surface area (Å²) in [6.07, 6.45) is 4.90. The second kappa shape index (κ2) is 6.64. The van der Waals surface area contributed by atoms with Gasteiger partial charge in [-0.1, -0.05) is 0 Å². The van der Waals surface area contributed by atoms with Crippen molar-refractivity contribution < 1.29 is 23.2 Å². The Kier molecular flexibility index (Phi) is 4.03. The average molecular weight is 450 g/mol. The van der Waals surface area contributed by atoms with Gasteiger partial charge < -0.3 is 0 Å². The topological polar surface area (TPSA) is 0 Å². The Balaban J connectivity index is 1.49. The molecule has 0 amide bonds. The minimum absolute atomic E-state index is 0.651. The zero-order valence-electron chi connectivity index (χ0n) is 16.7. The van der Waals surface area contributed by atoms with Crippen LogP contribution in [0.1, 0.15) is 43.4 Å². The molecular weight excluding hydrogens is 428 g/mol. The molecule has 2 aliphatic carbocycles. The number of benzene rings is 4. The first kappa shape index (κ1) is 17.6. The van der Waals surface area contributed by atoms with Crippen LogP contribution in [-0.4, -0.2) is 0 Å². The van der Waals surface area contributed by atoms with E-state index in [2.05, 4.69) is 98.8 Å². The molecule has 0 aliphatic heterocycles. The van der Waals surface area contributed by atoms with Crippen LogP contribution in [0.2, 0.25) is 0 Å². The molecule has 0 N–H and O–H groups in total. The van der Waals surface area contributed by atoms with Crippen LogP contribution < -0.4 is 0 Å². The Hall–Kier alpha value is -2.24.